The van der Waals surface area contributed by atoms with Crippen molar-refractivity contribution in [3.63, 3.8) is 0 Å². The van der Waals surface area contributed by atoms with Gasteiger partial charge >= 0.3 is 0 Å². The zero-order valence-corrected chi connectivity index (χ0v) is 41.4. The van der Waals surface area contributed by atoms with Crippen LogP contribution < -0.4 is 0 Å². The van der Waals surface area contributed by atoms with Crippen molar-refractivity contribution in [2.45, 2.75) is 5.41 Å². The molecule has 0 unspecified atom stereocenters. The minimum atomic E-state index is -0.510. The Bertz CT molecular complexity index is 4890. The third-order valence-electron chi connectivity index (χ3n) is 17.3. The van der Waals surface area contributed by atoms with Gasteiger partial charge in [-0.3, -0.25) is 0 Å². The van der Waals surface area contributed by atoms with Crippen LogP contribution in [-0.2, 0) is 5.41 Å². The normalized spacial score (nSPS) is 13.1. The van der Waals surface area contributed by atoms with Crippen LogP contribution in [0.15, 0.2) is 273 Å². The van der Waals surface area contributed by atoms with Crippen molar-refractivity contribution in [1.29, 1.82) is 0 Å². The van der Waals surface area contributed by atoms with Gasteiger partial charge in [0, 0.05) is 16.5 Å². The summed E-state index contributed by atoms with van der Waals surface area (Å²) >= 11 is 0. The van der Waals surface area contributed by atoms with Gasteiger partial charge in [-0.15, -0.1) is 0 Å². The van der Waals surface area contributed by atoms with Crippen molar-refractivity contribution >= 4 is 75.7 Å². The summed E-state index contributed by atoms with van der Waals surface area (Å²) in [6.07, 6.45) is 0. The number of nitrogens with zero attached hydrogens (tertiary/aromatic N) is 1. The van der Waals surface area contributed by atoms with Crippen molar-refractivity contribution < 1.29 is 0 Å². The third kappa shape index (κ3) is 5.48. The summed E-state index contributed by atoms with van der Waals surface area (Å²) in [6, 6.07) is 103. The SMILES string of the molecule is c1ccc(-n2c3ccccc3c3cc(-c4c5ccccc5c(-c5cccc(-c6ccc7c8c(ccc7c6)-c6c(c7ccccc7c7ccccc67)C86c7ccccc7-c7ccccc76)c5)c5ccccc45)ccc32)cc1. The number of benzene rings is 14. The molecule has 2 aliphatic carbocycles. The fourth-order valence-corrected chi connectivity index (χ4v) is 14.4. The lowest BCUT2D eigenvalue weighted by molar-refractivity contribution is 0.809. The molecule has 350 valence electrons. The molecule has 2 aliphatic rings. The Balaban J connectivity index is 0.856. The van der Waals surface area contributed by atoms with E-state index in [0.29, 0.717) is 0 Å². The Labute approximate surface area is 439 Å². The van der Waals surface area contributed by atoms with Gasteiger partial charge in [0.1, 0.15) is 0 Å². The Morgan fingerprint density at radius 1 is 0.237 bits per heavy atom. The molecule has 0 fully saturated rings. The highest BCUT2D eigenvalue weighted by molar-refractivity contribution is 6.24. The van der Waals surface area contributed by atoms with Gasteiger partial charge in [0.15, 0.2) is 0 Å². The number of rotatable bonds is 4. The van der Waals surface area contributed by atoms with Crippen LogP contribution in [0, 0.1) is 0 Å². The molecule has 0 N–H and O–H groups in total. The molecule has 1 nitrogen and oxygen atoms in total. The van der Waals surface area contributed by atoms with Gasteiger partial charge in [-0.1, -0.05) is 231 Å². The smallest absolute Gasteiger partial charge is 0.0737 e. The van der Waals surface area contributed by atoms with E-state index in [1.165, 1.54) is 159 Å². The molecule has 1 aromatic heterocycles. The van der Waals surface area contributed by atoms with Crippen LogP contribution in [0.1, 0.15) is 22.3 Å². The molecule has 0 amide bonds. The first-order valence-electron chi connectivity index (χ1n) is 26.6. The largest absolute Gasteiger partial charge is 0.309 e. The molecule has 0 radical (unpaired) electrons. The first-order chi connectivity index (χ1) is 37.7. The maximum atomic E-state index is 2.44. The highest BCUT2D eigenvalue weighted by Gasteiger charge is 2.53. The van der Waals surface area contributed by atoms with E-state index in [1.54, 1.807) is 0 Å². The zero-order chi connectivity index (χ0) is 49.6. The van der Waals surface area contributed by atoms with Gasteiger partial charge < -0.3 is 4.57 Å². The van der Waals surface area contributed by atoms with Crippen LogP contribution in [0.5, 0.6) is 0 Å². The molecule has 0 bridgehead atoms. The van der Waals surface area contributed by atoms with Crippen molar-refractivity contribution in [2.75, 3.05) is 0 Å². The lowest BCUT2D eigenvalue weighted by Crippen LogP contribution is -2.26. The Morgan fingerprint density at radius 2 is 0.724 bits per heavy atom. The predicted molar refractivity (Wildman–Crippen MR) is 321 cm³/mol. The number of hydrogen-bond acceptors (Lipinski definition) is 0. The van der Waals surface area contributed by atoms with Gasteiger partial charge in [-0.05, 0) is 174 Å². The van der Waals surface area contributed by atoms with Crippen LogP contribution in [0.25, 0.3) is 137 Å². The van der Waals surface area contributed by atoms with E-state index in [1.807, 2.05) is 0 Å². The lowest BCUT2D eigenvalue weighted by atomic mass is 9.68. The molecule has 0 atom stereocenters. The predicted octanol–water partition coefficient (Wildman–Crippen LogP) is 19.9. The average Bonchev–Trinajstić information content (AvgIpc) is 4.28. The van der Waals surface area contributed by atoms with Crippen LogP contribution in [0.4, 0.5) is 0 Å². The first kappa shape index (κ1) is 41.6. The monoisotopic (exact) mass is 959 g/mol. The number of para-hydroxylation sites is 2. The van der Waals surface area contributed by atoms with Crippen LogP contribution in [-0.4, -0.2) is 4.57 Å². The van der Waals surface area contributed by atoms with Crippen molar-refractivity contribution in [2.24, 2.45) is 0 Å². The van der Waals surface area contributed by atoms with Gasteiger partial charge in [-0.2, -0.15) is 0 Å². The molecular weight excluding hydrogens is 915 g/mol. The average molecular weight is 960 g/mol. The number of aromatic nitrogens is 1. The van der Waals surface area contributed by atoms with E-state index in [4.69, 9.17) is 0 Å². The summed E-state index contributed by atoms with van der Waals surface area (Å²) in [6.45, 7) is 0. The van der Waals surface area contributed by atoms with E-state index in [-0.39, 0.29) is 0 Å². The summed E-state index contributed by atoms with van der Waals surface area (Å²) in [5.41, 5.74) is 21.3. The molecule has 76 heavy (non-hydrogen) atoms. The van der Waals surface area contributed by atoms with Gasteiger partial charge in [0.05, 0.1) is 16.4 Å². The second-order valence-electron chi connectivity index (χ2n) is 20.9. The molecule has 15 aromatic rings. The topological polar surface area (TPSA) is 4.93 Å². The van der Waals surface area contributed by atoms with Gasteiger partial charge in [0.2, 0.25) is 0 Å². The minimum Gasteiger partial charge on any atom is -0.309 e. The first-order valence-corrected chi connectivity index (χ1v) is 26.6. The zero-order valence-electron chi connectivity index (χ0n) is 41.4. The maximum absolute atomic E-state index is 2.44. The molecule has 0 saturated heterocycles. The van der Waals surface area contributed by atoms with E-state index in [9.17, 15) is 0 Å². The fraction of sp³-hybridized carbons (Fsp3) is 0.0133. The summed E-state index contributed by atoms with van der Waals surface area (Å²) in [5, 5.41) is 15.3. The molecule has 1 heteroatoms. The van der Waals surface area contributed by atoms with Crippen LogP contribution in [0.2, 0.25) is 0 Å². The molecule has 14 aromatic carbocycles. The highest BCUT2D eigenvalue weighted by atomic mass is 15.0. The van der Waals surface area contributed by atoms with Crippen molar-refractivity contribution in [3.05, 3.63) is 295 Å². The number of hydrogen-bond donors (Lipinski definition) is 0. The fourth-order valence-electron chi connectivity index (χ4n) is 14.4. The van der Waals surface area contributed by atoms with Gasteiger partial charge in [-0.25, -0.2) is 0 Å². The van der Waals surface area contributed by atoms with Gasteiger partial charge in [0.25, 0.3) is 0 Å². The Kier molecular flexibility index (Phi) is 8.55. The van der Waals surface area contributed by atoms with E-state index >= 15 is 0 Å². The standard InChI is InChI=1S/C75H45N/c1-2-21-51(22-3-1)76-68-36-17-14-27-57(68)65-45-50(39-42-69(65)76)71-61-31-9-7-29-59(61)70(60-30-8-10-32-62(60)71)49-20-18-19-46(44-49)47-37-40-52-48(43-47)38-41-64-72-58-28-6-4-23-53(58)54-24-5-11-33-63(54)74(72)75(73(52)64)66-34-15-12-25-55(66)56-26-13-16-35-67(56)75/h1-45H. The van der Waals surface area contributed by atoms with E-state index in [0.717, 1.165) is 0 Å². The second kappa shape index (κ2) is 15.6. The third-order valence-corrected chi connectivity index (χ3v) is 17.3. The minimum absolute atomic E-state index is 0.510. The molecule has 0 saturated carbocycles. The summed E-state index contributed by atoms with van der Waals surface area (Å²) in [5.74, 6) is 0. The summed E-state index contributed by atoms with van der Waals surface area (Å²) in [4.78, 5) is 0. The van der Waals surface area contributed by atoms with Crippen molar-refractivity contribution in [1.82, 2.24) is 4.57 Å². The van der Waals surface area contributed by atoms with E-state index < -0.39 is 5.41 Å². The quantitative estimate of drug-likeness (QED) is 0.122. The summed E-state index contributed by atoms with van der Waals surface area (Å²) < 4.78 is 2.40. The molecule has 1 spiro atoms. The Hall–Kier alpha value is -9.82. The Morgan fingerprint density at radius 3 is 1.39 bits per heavy atom. The van der Waals surface area contributed by atoms with E-state index in [2.05, 4.69) is 278 Å². The molecular formula is C75H45N. The molecule has 1 heterocycles. The second-order valence-corrected chi connectivity index (χ2v) is 20.9. The summed E-state index contributed by atoms with van der Waals surface area (Å²) in [7, 11) is 0. The van der Waals surface area contributed by atoms with Crippen LogP contribution in [0.3, 0.4) is 0 Å². The molecule has 0 aliphatic heterocycles. The maximum Gasteiger partial charge on any atom is 0.0737 e. The van der Waals surface area contributed by atoms with Crippen LogP contribution >= 0.6 is 0 Å². The number of fused-ring (bicyclic) bond motifs is 22. The molecule has 17 rings (SSSR count). The highest BCUT2D eigenvalue weighted by Crippen LogP contribution is 2.66. The lowest BCUT2D eigenvalue weighted by Gasteiger charge is -2.32. The van der Waals surface area contributed by atoms with Crippen molar-refractivity contribution in [3.8, 4) is 61.3 Å².